The monoisotopic (exact) mass is 340 g/mol. The van der Waals surface area contributed by atoms with Crippen molar-refractivity contribution >= 4 is 27.3 Å². The molecule has 2 nitrogen and oxygen atoms in total. The molecule has 1 heterocycles. The highest BCUT2D eigenvalue weighted by Crippen LogP contribution is 2.28. The van der Waals surface area contributed by atoms with Crippen LogP contribution in [0.3, 0.4) is 0 Å². The van der Waals surface area contributed by atoms with E-state index in [-0.39, 0.29) is 0 Å². The van der Waals surface area contributed by atoms with Crippen LogP contribution in [-0.4, -0.2) is 11.7 Å². The Morgan fingerprint density at radius 1 is 1.26 bits per heavy atom. The number of ether oxygens (including phenoxy) is 1. The van der Waals surface area contributed by atoms with Gasteiger partial charge in [0.2, 0.25) is 0 Å². The molecule has 2 rings (SSSR count). The molecule has 0 bridgehead atoms. The number of hydrogen-bond acceptors (Lipinski definition) is 3. The van der Waals surface area contributed by atoms with Crippen molar-refractivity contribution in [1.82, 2.24) is 0 Å². The highest BCUT2D eigenvalue weighted by Gasteiger charge is 2.11. The van der Waals surface area contributed by atoms with Crippen molar-refractivity contribution < 1.29 is 9.84 Å². The fourth-order valence-electron chi connectivity index (χ4n) is 1.77. The second-order valence-corrected chi connectivity index (χ2v) is 6.18. The van der Waals surface area contributed by atoms with Gasteiger partial charge in [-0.15, -0.1) is 11.3 Å². The molecule has 0 aliphatic heterocycles. The van der Waals surface area contributed by atoms with Crippen LogP contribution >= 0.6 is 27.3 Å². The standard InChI is InChI=1S/C15H17BrO2S/c1-2-8-18-12-5-3-11(4-6-12)14(17)10-15-13(16)7-9-19-15/h3-7,9,14,17H,2,8,10H2,1H3. The molecular weight excluding hydrogens is 324 g/mol. The van der Waals surface area contributed by atoms with Gasteiger partial charge < -0.3 is 9.84 Å². The lowest BCUT2D eigenvalue weighted by Gasteiger charge is -2.11. The molecule has 1 aromatic heterocycles. The second-order valence-electron chi connectivity index (χ2n) is 4.33. The van der Waals surface area contributed by atoms with Gasteiger partial charge in [-0.2, -0.15) is 0 Å². The molecule has 0 aliphatic carbocycles. The van der Waals surface area contributed by atoms with Crippen LogP contribution in [-0.2, 0) is 6.42 Å². The van der Waals surface area contributed by atoms with Gasteiger partial charge in [-0.05, 0) is 51.5 Å². The Morgan fingerprint density at radius 3 is 2.58 bits per heavy atom. The van der Waals surface area contributed by atoms with E-state index < -0.39 is 6.10 Å². The lowest BCUT2D eigenvalue weighted by atomic mass is 10.1. The SMILES string of the molecule is CCCOc1ccc(C(O)Cc2sccc2Br)cc1. The molecule has 19 heavy (non-hydrogen) atoms. The zero-order valence-electron chi connectivity index (χ0n) is 10.8. The van der Waals surface area contributed by atoms with E-state index in [1.54, 1.807) is 11.3 Å². The topological polar surface area (TPSA) is 29.5 Å². The van der Waals surface area contributed by atoms with Crippen molar-refractivity contribution in [3.8, 4) is 5.75 Å². The second kappa shape index (κ2) is 7.08. The summed E-state index contributed by atoms with van der Waals surface area (Å²) in [4.78, 5) is 1.17. The van der Waals surface area contributed by atoms with Gasteiger partial charge in [0.15, 0.2) is 0 Å². The van der Waals surface area contributed by atoms with E-state index >= 15 is 0 Å². The number of rotatable bonds is 6. The van der Waals surface area contributed by atoms with Crippen LogP contribution in [0.2, 0.25) is 0 Å². The molecule has 0 fully saturated rings. The third-order valence-corrected chi connectivity index (χ3v) is 4.76. The fraction of sp³-hybridized carbons (Fsp3) is 0.333. The smallest absolute Gasteiger partial charge is 0.119 e. The average Bonchev–Trinajstić information content (AvgIpc) is 2.82. The van der Waals surface area contributed by atoms with Gasteiger partial charge in [0.25, 0.3) is 0 Å². The van der Waals surface area contributed by atoms with Crippen LogP contribution in [0, 0.1) is 0 Å². The van der Waals surface area contributed by atoms with Crippen LogP contribution in [0.4, 0.5) is 0 Å². The predicted molar refractivity (Wildman–Crippen MR) is 82.9 cm³/mol. The van der Waals surface area contributed by atoms with E-state index in [1.165, 1.54) is 4.88 Å². The number of thiophene rings is 1. The zero-order valence-corrected chi connectivity index (χ0v) is 13.2. The summed E-state index contributed by atoms with van der Waals surface area (Å²) in [5.41, 5.74) is 0.921. The van der Waals surface area contributed by atoms with Gasteiger partial charge in [-0.1, -0.05) is 19.1 Å². The Morgan fingerprint density at radius 2 is 2.00 bits per heavy atom. The fourth-order valence-corrected chi connectivity index (χ4v) is 3.32. The van der Waals surface area contributed by atoms with Crippen molar-refractivity contribution in [1.29, 1.82) is 0 Å². The Bertz CT molecular complexity index is 507. The maximum atomic E-state index is 10.2. The molecule has 0 saturated carbocycles. The average molecular weight is 341 g/mol. The first-order chi connectivity index (χ1) is 9.20. The molecular formula is C15H17BrO2S. The molecule has 102 valence electrons. The van der Waals surface area contributed by atoms with E-state index in [0.717, 1.165) is 28.8 Å². The van der Waals surface area contributed by atoms with E-state index in [4.69, 9.17) is 4.74 Å². The summed E-state index contributed by atoms with van der Waals surface area (Å²) in [6.45, 7) is 2.81. The minimum absolute atomic E-state index is 0.477. The van der Waals surface area contributed by atoms with Gasteiger partial charge in [-0.25, -0.2) is 0 Å². The molecule has 0 aliphatic rings. The lowest BCUT2D eigenvalue weighted by molar-refractivity contribution is 0.179. The number of aliphatic hydroxyl groups is 1. The van der Waals surface area contributed by atoms with Crippen LogP contribution in [0.15, 0.2) is 40.2 Å². The summed E-state index contributed by atoms with van der Waals surface area (Å²) in [5.74, 6) is 0.857. The number of halogens is 1. The Balaban J connectivity index is 1.99. The third kappa shape index (κ3) is 4.06. The van der Waals surface area contributed by atoms with Crippen LogP contribution in [0.5, 0.6) is 5.75 Å². The molecule has 0 radical (unpaired) electrons. The van der Waals surface area contributed by atoms with Crippen molar-refractivity contribution in [2.75, 3.05) is 6.61 Å². The first kappa shape index (κ1) is 14.6. The third-order valence-electron chi connectivity index (χ3n) is 2.81. The summed E-state index contributed by atoms with van der Waals surface area (Å²) in [7, 11) is 0. The largest absolute Gasteiger partial charge is 0.494 e. The van der Waals surface area contributed by atoms with E-state index in [9.17, 15) is 5.11 Å². The van der Waals surface area contributed by atoms with E-state index in [1.807, 2.05) is 35.7 Å². The molecule has 2 aromatic rings. The van der Waals surface area contributed by atoms with Crippen molar-refractivity contribution in [2.24, 2.45) is 0 Å². The number of hydrogen-bond donors (Lipinski definition) is 1. The minimum Gasteiger partial charge on any atom is -0.494 e. The first-order valence-electron chi connectivity index (χ1n) is 6.33. The quantitative estimate of drug-likeness (QED) is 0.834. The normalized spacial score (nSPS) is 12.4. The molecule has 1 unspecified atom stereocenters. The van der Waals surface area contributed by atoms with Crippen molar-refractivity contribution in [3.05, 3.63) is 50.6 Å². The Kier molecular flexibility index (Phi) is 5.43. The van der Waals surface area contributed by atoms with Crippen LogP contribution in [0.1, 0.15) is 29.9 Å². The molecule has 0 spiro atoms. The molecule has 1 N–H and O–H groups in total. The lowest BCUT2D eigenvalue weighted by Crippen LogP contribution is -2.01. The molecule has 0 amide bonds. The summed E-state index contributed by atoms with van der Waals surface area (Å²) >= 11 is 5.14. The van der Waals surface area contributed by atoms with E-state index in [0.29, 0.717) is 6.42 Å². The summed E-state index contributed by atoms with van der Waals surface area (Å²) in [6, 6.07) is 9.69. The predicted octanol–water partition coefficient (Wildman–Crippen LogP) is 4.58. The Labute approximate surface area is 126 Å². The van der Waals surface area contributed by atoms with E-state index in [2.05, 4.69) is 22.9 Å². The molecule has 4 heteroatoms. The van der Waals surface area contributed by atoms with Crippen LogP contribution < -0.4 is 4.74 Å². The summed E-state index contributed by atoms with van der Waals surface area (Å²) < 4.78 is 6.60. The summed E-state index contributed by atoms with van der Waals surface area (Å²) in [5, 5.41) is 12.3. The van der Waals surface area contributed by atoms with Gasteiger partial charge >= 0.3 is 0 Å². The highest BCUT2D eigenvalue weighted by molar-refractivity contribution is 9.10. The highest BCUT2D eigenvalue weighted by atomic mass is 79.9. The Hall–Kier alpha value is -0.840. The summed E-state index contributed by atoms with van der Waals surface area (Å²) in [6.07, 6.45) is 1.15. The van der Waals surface area contributed by atoms with Gasteiger partial charge in [0, 0.05) is 15.8 Å². The minimum atomic E-state index is -0.477. The molecule has 1 aromatic carbocycles. The van der Waals surface area contributed by atoms with Crippen LogP contribution in [0.25, 0.3) is 0 Å². The number of benzene rings is 1. The van der Waals surface area contributed by atoms with Crippen molar-refractivity contribution in [3.63, 3.8) is 0 Å². The number of aliphatic hydroxyl groups excluding tert-OH is 1. The van der Waals surface area contributed by atoms with Gasteiger partial charge in [0.05, 0.1) is 12.7 Å². The van der Waals surface area contributed by atoms with Gasteiger partial charge in [0.1, 0.15) is 5.75 Å². The van der Waals surface area contributed by atoms with Gasteiger partial charge in [-0.3, -0.25) is 0 Å². The maximum Gasteiger partial charge on any atom is 0.119 e. The molecule has 0 saturated heterocycles. The maximum absolute atomic E-state index is 10.2. The zero-order chi connectivity index (χ0) is 13.7. The van der Waals surface area contributed by atoms with Crippen molar-refractivity contribution in [2.45, 2.75) is 25.9 Å². The molecule has 1 atom stereocenters. The first-order valence-corrected chi connectivity index (χ1v) is 8.00.